The van der Waals surface area contributed by atoms with Crippen molar-refractivity contribution in [1.82, 2.24) is 4.90 Å². The lowest BCUT2D eigenvalue weighted by molar-refractivity contribution is 0.337. The molecule has 0 aromatic heterocycles. The van der Waals surface area contributed by atoms with Crippen LogP contribution in [0.5, 0.6) is 0 Å². The fourth-order valence-corrected chi connectivity index (χ4v) is 1.94. The molecule has 1 saturated carbocycles. The van der Waals surface area contributed by atoms with Crippen LogP contribution in [0.2, 0.25) is 5.02 Å². The average molecular weight is 240 g/mol. The number of hydrogen-bond acceptors (Lipinski definition) is 3. The maximum Gasteiger partial charge on any atom is 0.0575 e. The van der Waals surface area contributed by atoms with Gasteiger partial charge in [0.25, 0.3) is 0 Å². The van der Waals surface area contributed by atoms with E-state index in [9.17, 15) is 0 Å². The first-order chi connectivity index (χ1) is 7.66. The standard InChI is InChI=1S/C12H18ClN3/c1-16(10-3-4-10)7-6-15-12-5-2-9(13)8-11(12)14/h2,5,8,10,15H,3-4,6-7,14H2,1H3. The Labute approximate surface area is 102 Å². The molecule has 2 rings (SSSR count). The summed E-state index contributed by atoms with van der Waals surface area (Å²) >= 11 is 5.84. The molecule has 3 N–H and O–H groups in total. The van der Waals surface area contributed by atoms with E-state index in [4.69, 9.17) is 17.3 Å². The van der Waals surface area contributed by atoms with Gasteiger partial charge in [0.1, 0.15) is 0 Å². The molecule has 88 valence electrons. The summed E-state index contributed by atoms with van der Waals surface area (Å²) in [4.78, 5) is 2.39. The van der Waals surface area contributed by atoms with E-state index in [1.165, 1.54) is 12.8 Å². The number of nitrogens with one attached hydrogen (secondary N) is 1. The van der Waals surface area contributed by atoms with Gasteiger partial charge in [0.2, 0.25) is 0 Å². The van der Waals surface area contributed by atoms with Gasteiger partial charge in [-0.25, -0.2) is 0 Å². The molecule has 0 bridgehead atoms. The Morgan fingerprint density at radius 3 is 2.88 bits per heavy atom. The first-order valence-corrected chi connectivity index (χ1v) is 6.04. The minimum absolute atomic E-state index is 0.679. The Balaban J connectivity index is 1.80. The second-order valence-electron chi connectivity index (χ2n) is 4.37. The molecular formula is C12H18ClN3. The van der Waals surface area contributed by atoms with Crippen LogP contribution in [0.4, 0.5) is 11.4 Å². The number of nitrogens with zero attached hydrogens (tertiary/aromatic N) is 1. The molecule has 1 fully saturated rings. The molecule has 0 unspecified atom stereocenters. The van der Waals surface area contributed by atoms with Gasteiger partial charge in [0, 0.05) is 24.2 Å². The van der Waals surface area contributed by atoms with Gasteiger partial charge in [-0.15, -0.1) is 0 Å². The molecule has 0 saturated heterocycles. The minimum atomic E-state index is 0.679. The quantitative estimate of drug-likeness (QED) is 0.776. The van der Waals surface area contributed by atoms with Crippen LogP contribution < -0.4 is 11.1 Å². The number of hydrogen-bond donors (Lipinski definition) is 2. The molecule has 0 amide bonds. The summed E-state index contributed by atoms with van der Waals surface area (Å²) in [5.41, 5.74) is 7.53. The number of halogens is 1. The summed E-state index contributed by atoms with van der Waals surface area (Å²) in [6.07, 6.45) is 2.69. The van der Waals surface area contributed by atoms with Crippen LogP contribution in [0, 0.1) is 0 Å². The molecule has 0 heterocycles. The molecule has 1 aliphatic carbocycles. The van der Waals surface area contributed by atoms with Gasteiger partial charge in [-0.2, -0.15) is 0 Å². The maximum atomic E-state index is 5.85. The zero-order valence-electron chi connectivity index (χ0n) is 9.54. The number of nitrogen functional groups attached to an aromatic ring is 1. The summed E-state index contributed by atoms with van der Waals surface area (Å²) in [7, 11) is 2.17. The van der Waals surface area contributed by atoms with E-state index < -0.39 is 0 Å². The monoisotopic (exact) mass is 239 g/mol. The summed E-state index contributed by atoms with van der Waals surface area (Å²) < 4.78 is 0. The van der Waals surface area contributed by atoms with Gasteiger partial charge in [-0.3, -0.25) is 0 Å². The Hall–Kier alpha value is -0.930. The molecule has 1 aromatic rings. The van der Waals surface area contributed by atoms with Gasteiger partial charge in [-0.1, -0.05) is 11.6 Å². The largest absolute Gasteiger partial charge is 0.397 e. The number of rotatable bonds is 5. The third kappa shape index (κ3) is 3.03. The predicted molar refractivity (Wildman–Crippen MR) is 70.0 cm³/mol. The lowest BCUT2D eigenvalue weighted by atomic mass is 10.2. The average Bonchev–Trinajstić information content (AvgIpc) is 3.04. The minimum Gasteiger partial charge on any atom is -0.397 e. The Morgan fingerprint density at radius 2 is 2.25 bits per heavy atom. The van der Waals surface area contributed by atoms with Crippen molar-refractivity contribution in [3.8, 4) is 0 Å². The smallest absolute Gasteiger partial charge is 0.0575 e. The van der Waals surface area contributed by atoms with E-state index in [0.29, 0.717) is 10.7 Å². The second-order valence-corrected chi connectivity index (χ2v) is 4.81. The molecule has 0 atom stereocenters. The Morgan fingerprint density at radius 1 is 1.50 bits per heavy atom. The highest BCUT2D eigenvalue weighted by Gasteiger charge is 2.25. The predicted octanol–water partition coefficient (Wildman–Crippen LogP) is 2.43. The van der Waals surface area contributed by atoms with E-state index in [2.05, 4.69) is 17.3 Å². The van der Waals surface area contributed by atoms with E-state index in [-0.39, 0.29) is 0 Å². The summed E-state index contributed by atoms with van der Waals surface area (Å²) in [5.74, 6) is 0. The summed E-state index contributed by atoms with van der Waals surface area (Å²) in [6, 6.07) is 6.36. The molecule has 3 nitrogen and oxygen atoms in total. The van der Waals surface area contributed by atoms with Crippen molar-refractivity contribution in [2.45, 2.75) is 18.9 Å². The van der Waals surface area contributed by atoms with Gasteiger partial charge < -0.3 is 16.0 Å². The highest BCUT2D eigenvalue weighted by Crippen LogP contribution is 2.25. The van der Waals surface area contributed by atoms with Crippen molar-refractivity contribution >= 4 is 23.0 Å². The molecule has 0 spiro atoms. The number of benzene rings is 1. The summed E-state index contributed by atoms with van der Waals surface area (Å²) in [6.45, 7) is 1.96. The third-order valence-electron chi connectivity index (χ3n) is 2.96. The van der Waals surface area contributed by atoms with Gasteiger partial charge in [-0.05, 0) is 38.1 Å². The Kier molecular flexibility index (Phi) is 3.56. The normalized spacial score (nSPS) is 15.4. The lowest BCUT2D eigenvalue weighted by Crippen LogP contribution is -2.27. The molecule has 1 aromatic carbocycles. The van der Waals surface area contributed by atoms with Crippen molar-refractivity contribution in [3.05, 3.63) is 23.2 Å². The fraction of sp³-hybridized carbons (Fsp3) is 0.500. The number of likely N-dealkylation sites (N-methyl/N-ethyl adjacent to an activating group) is 1. The zero-order chi connectivity index (χ0) is 11.5. The van der Waals surface area contributed by atoms with E-state index in [1.807, 2.05) is 12.1 Å². The second kappa shape index (κ2) is 4.93. The Bertz CT molecular complexity index is 363. The molecule has 0 radical (unpaired) electrons. The molecule has 4 heteroatoms. The number of nitrogens with two attached hydrogens (primary N) is 1. The van der Waals surface area contributed by atoms with Gasteiger partial charge in [0.05, 0.1) is 11.4 Å². The van der Waals surface area contributed by atoms with Crippen molar-refractivity contribution in [3.63, 3.8) is 0 Å². The molecule has 1 aliphatic rings. The van der Waals surface area contributed by atoms with E-state index in [0.717, 1.165) is 24.8 Å². The van der Waals surface area contributed by atoms with Gasteiger partial charge >= 0.3 is 0 Å². The summed E-state index contributed by atoms with van der Waals surface area (Å²) in [5, 5.41) is 4.01. The van der Waals surface area contributed by atoms with Crippen LogP contribution >= 0.6 is 11.6 Å². The van der Waals surface area contributed by atoms with Crippen LogP contribution in [-0.4, -0.2) is 31.1 Å². The van der Waals surface area contributed by atoms with Gasteiger partial charge in [0.15, 0.2) is 0 Å². The van der Waals surface area contributed by atoms with Crippen molar-refractivity contribution in [1.29, 1.82) is 0 Å². The third-order valence-corrected chi connectivity index (χ3v) is 3.20. The van der Waals surface area contributed by atoms with E-state index in [1.54, 1.807) is 6.07 Å². The fourth-order valence-electron chi connectivity index (χ4n) is 1.76. The molecule has 16 heavy (non-hydrogen) atoms. The lowest BCUT2D eigenvalue weighted by Gasteiger charge is -2.17. The highest BCUT2D eigenvalue weighted by molar-refractivity contribution is 6.31. The number of anilines is 2. The molecule has 0 aliphatic heterocycles. The van der Waals surface area contributed by atoms with Crippen LogP contribution in [0.25, 0.3) is 0 Å². The van der Waals surface area contributed by atoms with Crippen LogP contribution in [0.1, 0.15) is 12.8 Å². The van der Waals surface area contributed by atoms with Crippen molar-refractivity contribution in [2.75, 3.05) is 31.2 Å². The molecular weight excluding hydrogens is 222 g/mol. The zero-order valence-corrected chi connectivity index (χ0v) is 10.3. The van der Waals surface area contributed by atoms with Crippen molar-refractivity contribution in [2.24, 2.45) is 0 Å². The maximum absolute atomic E-state index is 5.85. The highest BCUT2D eigenvalue weighted by atomic mass is 35.5. The topological polar surface area (TPSA) is 41.3 Å². The van der Waals surface area contributed by atoms with Crippen LogP contribution in [0.3, 0.4) is 0 Å². The van der Waals surface area contributed by atoms with Crippen LogP contribution in [-0.2, 0) is 0 Å². The first kappa shape index (κ1) is 11.6. The van der Waals surface area contributed by atoms with Crippen LogP contribution in [0.15, 0.2) is 18.2 Å². The first-order valence-electron chi connectivity index (χ1n) is 5.66. The SMILES string of the molecule is CN(CCNc1ccc(Cl)cc1N)C1CC1. The van der Waals surface area contributed by atoms with Crippen molar-refractivity contribution < 1.29 is 0 Å². The van der Waals surface area contributed by atoms with E-state index >= 15 is 0 Å².